The van der Waals surface area contributed by atoms with Crippen LogP contribution in [0.4, 0.5) is 8.78 Å². The molecule has 0 spiro atoms. The van der Waals surface area contributed by atoms with Crippen molar-refractivity contribution in [3.63, 3.8) is 0 Å². The summed E-state index contributed by atoms with van der Waals surface area (Å²) >= 11 is 0. The molecule has 24 heavy (non-hydrogen) atoms. The van der Waals surface area contributed by atoms with Crippen LogP contribution >= 0.6 is 0 Å². The van der Waals surface area contributed by atoms with Crippen LogP contribution in [0.2, 0.25) is 0 Å². The summed E-state index contributed by atoms with van der Waals surface area (Å²) in [5.41, 5.74) is 1.26. The summed E-state index contributed by atoms with van der Waals surface area (Å²) in [4.78, 5) is 14.1. The zero-order chi connectivity index (χ0) is 16.9. The van der Waals surface area contributed by atoms with Gasteiger partial charge in [-0.1, -0.05) is 12.1 Å². The van der Waals surface area contributed by atoms with Crippen molar-refractivity contribution in [3.8, 4) is 5.75 Å². The number of ether oxygens (including phenoxy) is 2. The minimum Gasteiger partial charge on any atom is -0.435 e. The van der Waals surface area contributed by atoms with E-state index < -0.39 is 6.61 Å². The summed E-state index contributed by atoms with van der Waals surface area (Å²) in [5.74, 6) is -0.0591. The maximum atomic E-state index is 12.5. The first-order valence-electron chi connectivity index (χ1n) is 7.36. The largest absolute Gasteiger partial charge is 0.435 e. The van der Waals surface area contributed by atoms with Gasteiger partial charge in [-0.25, -0.2) is 0 Å². The van der Waals surface area contributed by atoms with Crippen molar-refractivity contribution in [1.82, 2.24) is 15.1 Å². The highest BCUT2D eigenvalue weighted by atomic mass is 19.3. The van der Waals surface area contributed by atoms with E-state index in [0.717, 1.165) is 5.56 Å². The third-order valence-corrected chi connectivity index (χ3v) is 3.66. The highest BCUT2D eigenvalue weighted by molar-refractivity contribution is 5.93. The van der Waals surface area contributed by atoms with Crippen LogP contribution in [0.15, 0.2) is 42.7 Å². The average molecular weight is 335 g/mol. The number of amides is 1. The molecule has 0 aliphatic carbocycles. The minimum atomic E-state index is -2.86. The Kier molecular flexibility index (Phi) is 4.95. The molecule has 0 bridgehead atoms. The number of carbonyl (C=O) groups excluding carboxylic acids is 1. The lowest BCUT2D eigenvalue weighted by molar-refractivity contribution is -0.0499. The third-order valence-electron chi connectivity index (χ3n) is 3.66. The number of aromatic nitrogens is 2. The minimum absolute atomic E-state index is 0.0837. The summed E-state index contributed by atoms with van der Waals surface area (Å²) in [7, 11) is 0. The Balaban J connectivity index is 1.68. The molecule has 1 fully saturated rings. The summed E-state index contributed by atoms with van der Waals surface area (Å²) in [6, 6.07) is 7.84. The van der Waals surface area contributed by atoms with E-state index in [1.54, 1.807) is 23.1 Å². The van der Waals surface area contributed by atoms with Gasteiger partial charge in [0.1, 0.15) is 11.9 Å². The van der Waals surface area contributed by atoms with Gasteiger partial charge in [-0.05, 0) is 23.8 Å². The van der Waals surface area contributed by atoms with Gasteiger partial charge < -0.3 is 14.4 Å². The maximum absolute atomic E-state index is 12.5. The van der Waals surface area contributed by atoms with E-state index in [2.05, 4.69) is 14.9 Å². The van der Waals surface area contributed by atoms with Crippen LogP contribution in [0.3, 0.4) is 0 Å². The van der Waals surface area contributed by atoms with E-state index in [9.17, 15) is 13.6 Å². The van der Waals surface area contributed by atoms with Gasteiger partial charge in [-0.2, -0.15) is 19.0 Å². The highest BCUT2D eigenvalue weighted by Crippen LogP contribution is 2.25. The molecule has 8 heteroatoms. The summed E-state index contributed by atoms with van der Waals surface area (Å²) in [6.07, 6.45) is 2.56. The fourth-order valence-electron chi connectivity index (χ4n) is 2.50. The number of hydrogen-bond donors (Lipinski definition) is 0. The Hall–Kier alpha value is -2.61. The molecule has 1 aromatic heterocycles. The molecular formula is C16H15F2N3O3. The predicted molar refractivity (Wildman–Crippen MR) is 79.7 cm³/mol. The monoisotopic (exact) mass is 335 g/mol. The quantitative estimate of drug-likeness (QED) is 0.858. The Bertz CT molecular complexity index is 683. The number of carbonyl (C=O) groups is 1. The zero-order valence-corrected chi connectivity index (χ0v) is 12.6. The van der Waals surface area contributed by atoms with Crippen LogP contribution in [0.25, 0.3) is 0 Å². The van der Waals surface area contributed by atoms with Crippen LogP contribution in [0, 0.1) is 0 Å². The van der Waals surface area contributed by atoms with Crippen molar-refractivity contribution in [2.45, 2.75) is 12.7 Å². The molecule has 0 radical (unpaired) electrons. The van der Waals surface area contributed by atoms with E-state index in [4.69, 9.17) is 4.74 Å². The number of hydrogen-bond acceptors (Lipinski definition) is 5. The molecule has 6 nitrogen and oxygen atoms in total. The van der Waals surface area contributed by atoms with Crippen molar-refractivity contribution in [2.75, 3.05) is 19.7 Å². The number of rotatable bonds is 4. The average Bonchev–Trinajstić information content (AvgIpc) is 2.62. The summed E-state index contributed by atoms with van der Waals surface area (Å²) in [5, 5.41) is 7.36. The normalized spacial score (nSPS) is 17.8. The van der Waals surface area contributed by atoms with Crippen LogP contribution in [0.1, 0.15) is 22.0 Å². The molecule has 3 rings (SSSR count). The van der Waals surface area contributed by atoms with Crippen molar-refractivity contribution < 1.29 is 23.0 Å². The lowest BCUT2D eigenvalue weighted by Gasteiger charge is -2.33. The lowest BCUT2D eigenvalue weighted by atomic mass is 10.1. The van der Waals surface area contributed by atoms with Gasteiger partial charge in [0.05, 0.1) is 31.1 Å². The Morgan fingerprint density at radius 1 is 1.25 bits per heavy atom. The fourth-order valence-corrected chi connectivity index (χ4v) is 2.50. The molecule has 0 unspecified atom stereocenters. The van der Waals surface area contributed by atoms with Gasteiger partial charge in [0.2, 0.25) is 0 Å². The topological polar surface area (TPSA) is 64.6 Å². The first kappa shape index (κ1) is 16.3. The number of alkyl halides is 2. The van der Waals surface area contributed by atoms with E-state index in [-0.39, 0.29) is 17.8 Å². The molecule has 0 saturated carbocycles. The van der Waals surface area contributed by atoms with E-state index >= 15 is 0 Å². The number of halogens is 2. The van der Waals surface area contributed by atoms with Crippen molar-refractivity contribution in [1.29, 1.82) is 0 Å². The van der Waals surface area contributed by atoms with Gasteiger partial charge in [-0.15, -0.1) is 0 Å². The molecule has 2 aromatic rings. The standard InChI is InChI=1S/C16H15F2N3O3/c17-16(18)24-13-3-1-11(2-4-13)14-10-21(7-8-23-14)15(22)12-5-6-19-20-9-12/h1-6,9,14,16H,7-8,10H2/t14-/m0/s1. The van der Waals surface area contributed by atoms with E-state index in [1.807, 2.05) is 0 Å². The van der Waals surface area contributed by atoms with E-state index in [0.29, 0.717) is 25.3 Å². The Morgan fingerprint density at radius 3 is 2.71 bits per heavy atom. The molecule has 1 aromatic carbocycles. The zero-order valence-electron chi connectivity index (χ0n) is 12.6. The van der Waals surface area contributed by atoms with Crippen molar-refractivity contribution in [2.24, 2.45) is 0 Å². The Labute approximate surface area is 137 Å². The molecule has 1 saturated heterocycles. The van der Waals surface area contributed by atoms with Gasteiger partial charge in [0, 0.05) is 6.54 Å². The second kappa shape index (κ2) is 7.31. The first-order valence-corrected chi connectivity index (χ1v) is 7.36. The molecule has 1 atom stereocenters. The summed E-state index contributed by atoms with van der Waals surface area (Å²) < 4.78 is 34.4. The molecule has 1 aliphatic heterocycles. The molecule has 1 amide bonds. The van der Waals surface area contributed by atoms with Gasteiger partial charge in [-0.3, -0.25) is 4.79 Å². The highest BCUT2D eigenvalue weighted by Gasteiger charge is 2.26. The second-order valence-corrected chi connectivity index (χ2v) is 5.19. The molecule has 1 aliphatic rings. The van der Waals surface area contributed by atoms with Crippen molar-refractivity contribution >= 4 is 5.91 Å². The van der Waals surface area contributed by atoms with Crippen molar-refractivity contribution in [3.05, 3.63) is 53.9 Å². The smallest absolute Gasteiger partial charge is 0.387 e. The fraction of sp³-hybridized carbons (Fsp3) is 0.312. The first-order chi connectivity index (χ1) is 11.6. The summed E-state index contributed by atoms with van der Waals surface area (Å²) in [6.45, 7) is -1.62. The van der Waals surface area contributed by atoms with Gasteiger partial charge in [0.25, 0.3) is 5.91 Å². The van der Waals surface area contributed by atoms with Crippen LogP contribution in [-0.4, -0.2) is 47.3 Å². The number of morpholine rings is 1. The molecular weight excluding hydrogens is 320 g/mol. The Morgan fingerprint density at radius 2 is 2.04 bits per heavy atom. The maximum Gasteiger partial charge on any atom is 0.387 e. The number of benzene rings is 1. The molecule has 126 valence electrons. The predicted octanol–water partition coefficient (Wildman–Crippen LogP) is 2.29. The van der Waals surface area contributed by atoms with E-state index in [1.165, 1.54) is 24.5 Å². The lowest BCUT2D eigenvalue weighted by Crippen LogP contribution is -2.42. The van der Waals surface area contributed by atoms with Crippen LogP contribution < -0.4 is 4.74 Å². The third kappa shape index (κ3) is 3.83. The SMILES string of the molecule is O=C(c1ccnnc1)N1CCO[C@H](c2ccc(OC(F)F)cc2)C1. The van der Waals surface area contributed by atoms with Gasteiger partial charge in [0.15, 0.2) is 0 Å². The van der Waals surface area contributed by atoms with Gasteiger partial charge >= 0.3 is 6.61 Å². The second-order valence-electron chi connectivity index (χ2n) is 5.19. The number of nitrogens with zero attached hydrogens (tertiary/aromatic N) is 3. The molecule has 0 N–H and O–H groups in total. The molecule has 2 heterocycles. The van der Waals surface area contributed by atoms with Crippen LogP contribution in [-0.2, 0) is 4.74 Å². The van der Waals surface area contributed by atoms with Crippen LogP contribution in [0.5, 0.6) is 5.75 Å².